The zero-order valence-electron chi connectivity index (χ0n) is 12.8. The van der Waals surface area contributed by atoms with Crippen molar-refractivity contribution in [3.63, 3.8) is 0 Å². The summed E-state index contributed by atoms with van der Waals surface area (Å²) in [5, 5.41) is 8.63. The molecule has 128 valence electrons. The first-order valence-corrected chi connectivity index (χ1v) is 7.44. The molecule has 2 unspecified atom stereocenters. The molecule has 3 aliphatic rings. The number of cyclic esters (lactones) is 4. The van der Waals surface area contributed by atoms with E-state index in [4.69, 9.17) is 5.11 Å². The molecule has 1 aromatic rings. The Morgan fingerprint density at radius 2 is 1.72 bits per heavy atom. The number of fused-ring (bicyclic) bond motifs is 2. The SMILES string of the molecule is O=C(O)c1ccc2c(c1)C(=O)OC2=O.O=C1OC(=O)C2CCC=CC12. The highest BCUT2D eigenvalue weighted by Crippen LogP contribution is 2.32. The van der Waals surface area contributed by atoms with Gasteiger partial charge in [0.25, 0.3) is 0 Å². The molecule has 1 aromatic carbocycles. The fourth-order valence-electron chi connectivity index (χ4n) is 2.80. The predicted octanol–water partition coefficient (Wildman–Crippen LogP) is 1.35. The number of aromatic carboxylic acids is 1. The van der Waals surface area contributed by atoms with Crippen molar-refractivity contribution in [3.8, 4) is 0 Å². The fraction of sp³-hybridized carbons (Fsp3) is 0.235. The van der Waals surface area contributed by atoms with Gasteiger partial charge in [-0.25, -0.2) is 14.4 Å². The summed E-state index contributed by atoms with van der Waals surface area (Å²) in [7, 11) is 0. The second-order valence-electron chi connectivity index (χ2n) is 5.62. The lowest BCUT2D eigenvalue weighted by Gasteiger charge is -2.12. The predicted molar refractivity (Wildman–Crippen MR) is 79.6 cm³/mol. The number of esters is 4. The summed E-state index contributed by atoms with van der Waals surface area (Å²) in [6.07, 6.45) is 5.34. The van der Waals surface area contributed by atoms with E-state index < -0.39 is 17.9 Å². The van der Waals surface area contributed by atoms with Crippen LogP contribution in [-0.4, -0.2) is 35.0 Å². The zero-order chi connectivity index (χ0) is 18.1. The average Bonchev–Trinajstić information content (AvgIpc) is 3.05. The van der Waals surface area contributed by atoms with Crippen molar-refractivity contribution in [2.45, 2.75) is 12.8 Å². The molecule has 0 spiro atoms. The first-order valence-electron chi connectivity index (χ1n) is 7.44. The molecule has 8 nitrogen and oxygen atoms in total. The van der Waals surface area contributed by atoms with Crippen molar-refractivity contribution in [1.82, 2.24) is 0 Å². The molecule has 2 heterocycles. The Bertz CT molecular complexity index is 835. The number of hydrogen-bond acceptors (Lipinski definition) is 7. The molecule has 1 aliphatic carbocycles. The molecule has 0 aromatic heterocycles. The van der Waals surface area contributed by atoms with E-state index in [1.54, 1.807) is 6.08 Å². The molecule has 0 saturated carbocycles. The molecule has 4 rings (SSSR count). The van der Waals surface area contributed by atoms with Crippen LogP contribution in [0.1, 0.15) is 43.9 Å². The number of allylic oxidation sites excluding steroid dienone is 1. The first kappa shape index (κ1) is 16.6. The summed E-state index contributed by atoms with van der Waals surface area (Å²) < 4.78 is 8.77. The van der Waals surface area contributed by atoms with Crippen LogP contribution in [0, 0.1) is 11.8 Å². The number of rotatable bonds is 1. The van der Waals surface area contributed by atoms with Gasteiger partial charge in [-0.05, 0) is 31.0 Å². The monoisotopic (exact) mass is 344 g/mol. The molecular weight excluding hydrogens is 332 g/mol. The third-order valence-corrected chi connectivity index (χ3v) is 4.09. The van der Waals surface area contributed by atoms with Crippen LogP contribution >= 0.6 is 0 Å². The number of carboxylic acids is 1. The van der Waals surface area contributed by atoms with Gasteiger partial charge in [-0.15, -0.1) is 0 Å². The van der Waals surface area contributed by atoms with Crippen LogP contribution in [0.3, 0.4) is 0 Å². The van der Waals surface area contributed by atoms with Gasteiger partial charge < -0.3 is 14.6 Å². The number of carbonyl (C=O) groups excluding carboxylic acids is 4. The van der Waals surface area contributed by atoms with E-state index in [0.717, 1.165) is 18.9 Å². The normalized spacial score (nSPS) is 23.2. The van der Waals surface area contributed by atoms with Gasteiger partial charge in [-0.1, -0.05) is 12.2 Å². The molecule has 0 amide bonds. The molecule has 0 radical (unpaired) electrons. The number of carbonyl (C=O) groups is 5. The topological polar surface area (TPSA) is 124 Å². The summed E-state index contributed by atoms with van der Waals surface area (Å²) in [6.45, 7) is 0. The van der Waals surface area contributed by atoms with Gasteiger partial charge in [0.15, 0.2) is 0 Å². The Hall–Kier alpha value is -3.29. The van der Waals surface area contributed by atoms with E-state index in [1.807, 2.05) is 6.08 Å². The molecular formula is C17H12O8. The fourth-order valence-corrected chi connectivity index (χ4v) is 2.80. The Kier molecular flexibility index (Phi) is 4.18. The van der Waals surface area contributed by atoms with Crippen LogP contribution in [0.4, 0.5) is 0 Å². The molecule has 2 atom stereocenters. The molecule has 25 heavy (non-hydrogen) atoms. The third-order valence-electron chi connectivity index (χ3n) is 4.09. The van der Waals surface area contributed by atoms with Gasteiger partial charge in [0.05, 0.1) is 28.5 Å². The zero-order valence-corrected chi connectivity index (χ0v) is 12.8. The van der Waals surface area contributed by atoms with Crippen LogP contribution in [0.2, 0.25) is 0 Å². The summed E-state index contributed by atoms with van der Waals surface area (Å²) in [5.74, 6) is -3.88. The van der Waals surface area contributed by atoms with E-state index in [9.17, 15) is 24.0 Å². The molecule has 0 bridgehead atoms. The summed E-state index contributed by atoms with van der Waals surface area (Å²) in [5.41, 5.74) is 0.0744. The third kappa shape index (κ3) is 3.06. The van der Waals surface area contributed by atoms with Crippen molar-refractivity contribution in [3.05, 3.63) is 47.0 Å². The summed E-state index contributed by atoms with van der Waals surface area (Å²) >= 11 is 0. The standard InChI is InChI=1S/C9H4O5.C8H8O3/c10-7(11)4-1-2-5-6(3-4)9(13)14-8(5)12;9-7-5-3-1-2-4-6(5)8(10)11-7/h1-3H,(H,10,11);1,3,5-6H,2,4H2. The van der Waals surface area contributed by atoms with E-state index in [1.165, 1.54) is 12.1 Å². The van der Waals surface area contributed by atoms with E-state index in [-0.39, 0.29) is 40.5 Å². The highest BCUT2D eigenvalue weighted by molar-refractivity contribution is 6.15. The van der Waals surface area contributed by atoms with Gasteiger partial charge in [0.2, 0.25) is 0 Å². The maximum absolute atomic E-state index is 11.0. The number of ether oxygens (including phenoxy) is 2. The van der Waals surface area contributed by atoms with Gasteiger partial charge in [0, 0.05) is 0 Å². The average molecular weight is 344 g/mol. The minimum absolute atomic E-state index is 0.00917. The van der Waals surface area contributed by atoms with Gasteiger partial charge in [0.1, 0.15) is 0 Å². The number of hydrogen-bond donors (Lipinski definition) is 1. The van der Waals surface area contributed by atoms with Crippen LogP contribution in [0.5, 0.6) is 0 Å². The maximum Gasteiger partial charge on any atom is 0.346 e. The largest absolute Gasteiger partial charge is 0.478 e. The van der Waals surface area contributed by atoms with E-state index >= 15 is 0 Å². The van der Waals surface area contributed by atoms with E-state index in [0.29, 0.717) is 0 Å². The lowest BCUT2D eigenvalue weighted by molar-refractivity contribution is -0.153. The summed E-state index contributed by atoms with van der Waals surface area (Å²) in [4.78, 5) is 54.4. The number of benzene rings is 1. The van der Waals surface area contributed by atoms with Crippen molar-refractivity contribution in [2.75, 3.05) is 0 Å². The molecule has 1 N–H and O–H groups in total. The van der Waals surface area contributed by atoms with Crippen LogP contribution in [-0.2, 0) is 19.1 Å². The minimum atomic E-state index is -1.15. The van der Waals surface area contributed by atoms with E-state index in [2.05, 4.69) is 9.47 Å². The lowest BCUT2D eigenvalue weighted by Crippen LogP contribution is -2.17. The van der Waals surface area contributed by atoms with Crippen LogP contribution < -0.4 is 0 Å². The Morgan fingerprint density at radius 3 is 2.40 bits per heavy atom. The molecule has 2 aliphatic heterocycles. The van der Waals surface area contributed by atoms with Crippen LogP contribution in [0.25, 0.3) is 0 Å². The second kappa shape index (κ2) is 6.31. The van der Waals surface area contributed by atoms with Crippen LogP contribution in [0.15, 0.2) is 30.4 Å². The molecule has 1 fully saturated rings. The highest BCUT2D eigenvalue weighted by atomic mass is 16.6. The Morgan fingerprint density at radius 1 is 1.00 bits per heavy atom. The van der Waals surface area contributed by atoms with Gasteiger partial charge >= 0.3 is 29.8 Å². The second-order valence-corrected chi connectivity index (χ2v) is 5.62. The highest BCUT2D eigenvalue weighted by Gasteiger charge is 2.43. The quantitative estimate of drug-likeness (QED) is 0.460. The van der Waals surface area contributed by atoms with Gasteiger partial charge in [-0.2, -0.15) is 0 Å². The van der Waals surface area contributed by atoms with Gasteiger partial charge in [-0.3, -0.25) is 9.59 Å². The molecule has 8 heteroatoms. The summed E-state index contributed by atoms with van der Waals surface area (Å²) in [6, 6.07) is 3.65. The lowest BCUT2D eigenvalue weighted by atomic mass is 9.86. The Balaban J connectivity index is 0.000000150. The Labute approximate surface area is 141 Å². The molecule has 1 saturated heterocycles. The maximum atomic E-state index is 11.0. The van der Waals surface area contributed by atoms with Crippen molar-refractivity contribution >= 4 is 29.8 Å². The number of carboxylic acid groups (broad SMARTS) is 1. The smallest absolute Gasteiger partial charge is 0.346 e. The van der Waals surface area contributed by atoms with Crippen molar-refractivity contribution in [1.29, 1.82) is 0 Å². The first-order chi connectivity index (χ1) is 11.9. The van der Waals surface area contributed by atoms with Crippen molar-refractivity contribution in [2.24, 2.45) is 11.8 Å². The minimum Gasteiger partial charge on any atom is -0.478 e. The van der Waals surface area contributed by atoms with Crippen molar-refractivity contribution < 1.29 is 38.6 Å².